The van der Waals surface area contributed by atoms with E-state index in [0.717, 1.165) is 29.0 Å². The summed E-state index contributed by atoms with van der Waals surface area (Å²) >= 11 is 1.71. The van der Waals surface area contributed by atoms with Crippen molar-refractivity contribution in [3.05, 3.63) is 34.2 Å². The predicted molar refractivity (Wildman–Crippen MR) is 120 cm³/mol. The van der Waals surface area contributed by atoms with Crippen molar-refractivity contribution in [1.29, 1.82) is 0 Å². The van der Waals surface area contributed by atoms with Crippen LogP contribution in [0.2, 0.25) is 0 Å². The number of imidazole rings is 1. The highest BCUT2D eigenvalue weighted by molar-refractivity contribution is 14.1. The van der Waals surface area contributed by atoms with Gasteiger partial charge < -0.3 is 10.1 Å². The highest BCUT2D eigenvalue weighted by Gasteiger charge is 2.36. The number of piperidine rings is 2. The minimum absolute atomic E-state index is 0.231. The number of carbonyl (C=O) groups is 2. The van der Waals surface area contributed by atoms with Crippen LogP contribution in [0.5, 0.6) is 0 Å². The first-order chi connectivity index (χ1) is 14.5. The molecule has 2 aromatic rings. The number of amides is 2. The fourth-order valence-electron chi connectivity index (χ4n) is 4.07. The van der Waals surface area contributed by atoms with Gasteiger partial charge in [0.25, 0.3) is 5.91 Å². The van der Waals surface area contributed by atoms with E-state index in [4.69, 9.17) is 4.74 Å². The number of para-hydroxylation sites is 1. The maximum atomic E-state index is 13.0. The Hall–Kier alpha value is -2.16. The average Bonchev–Trinajstić information content (AvgIpc) is 3.01. The first kappa shape index (κ1) is 21.1. The maximum absolute atomic E-state index is 13.0. The quantitative estimate of drug-likeness (QED) is 0.286. The molecule has 0 radical (unpaired) electrons. The van der Waals surface area contributed by atoms with Crippen LogP contribution in [-0.2, 0) is 21.4 Å². The highest BCUT2D eigenvalue weighted by atomic mass is 127. The standard InChI is InChI=1S/C21H23IN4O4/c1-24-19-14(5-3-13-30-15-9-11-23-12-10-15)4-2-6-16(19)25(21(24)29)17-7-8-18(27)26(22)20(17)28/h2,4,6,15,17,23H,7-13H2,1H3. The molecule has 1 unspecified atom stereocenters. The normalized spacial score (nSPS) is 20.5. The van der Waals surface area contributed by atoms with Crippen molar-refractivity contribution in [3.63, 3.8) is 0 Å². The van der Waals surface area contributed by atoms with Gasteiger partial charge in [-0.2, -0.15) is 0 Å². The molecular formula is C21H23IN4O4. The zero-order valence-corrected chi connectivity index (χ0v) is 18.8. The third-order valence-electron chi connectivity index (χ3n) is 5.64. The summed E-state index contributed by atoms with van der Waals surface area (Å²) in [7, 11) is 1.68. The molecule has 3 heterocycles. The molecule has 8 nitrogen and oxygen atoms in total. The van der Waals surface area contributed by atoms with Crippen LogP contribution < -0.4 is 11.0 Å². The Balaban J connectivity index is 1.64. The molecule has 9 heteroatoms. The summed E-state index contributed by atoms with van der Waals surface area (Å²) in [5, 5.41) is 3.30. The van der Waals surface area contributed by atoms with E-state index < -0.39 is 6.04 Å². The van der Waals surface area contributed by atoms with Gasteiger partial charge in [-0.3, -0.25) is 18.7 Å². The summed E-state index contributed by atoms with van der Waals surface area (Å²) in [6.45, 7) is 2.27. The average molecular weight is 522 g/mol. The zero-order valence-electron chi connectivity index (χ0n) is 16.7. The van der Waals surface area contributed by atoms with Gasteiger partial charge in [-0.1, -0.05) is 17.9 Å². The summed E-state index contributed by atoms with van der Waals surface area (Å²) in [5.74, 6) is 5.59. The van der Waals surface area contributed by atoms with Gasteiger partial charge in [0, 0.05) is 13.5 Å². The molecule has 1 aromatic carbocycles. The Morgan fingerprint density at radius 3 is 2.73 bits per heavy atom. The first-order valence-corrected chi connectivity index (χ1v) is 11.0. The van der Waals surface area contributed by atoms with Crippen LogP contribution in [0.1, 0.15) is 37.3 Å². The fraction of sp³-hybridized carbons (Fsp3) is 0.476. The third-order valence-corrected chi connectivity index (χ3v) is 6.66. The van der Waals surface area contributed by atoms with Crippen LogP contribution in [-0.4, -0.2) is 49.9 Å². The number of imide groups is 1. The van der Waals surface area contributed by atoms with E-state index in [1.54, 1.807) is 29.9 Å². The van der Waals surface area contributed by atoms with Crippen molar-refractivity contribution in [2.75, 3.05) is 19.7 Å². The fourth-order valence-corrected chi connectivity index (χ4v) is 4.63. The van der Waals surface area contributed by atoms with Gasteiger partial charge in [0.2, 0.25) is 5.91 Å². The van der Waals surface area contributed by atoms with Gasteiger partial charge in [0.05, 0.1) is 45.6 Å². The van der Waals surface area contributed by atoms with Crippen molar-refractivity contribution in [2.24, 2.45) is 7.05 Å². The number of hydrogen-bond donors (Lipinski definition) is 1. The molecule has 2 saturated heterocycles. The van der Waals surface area contributed by atoms with Crippen LogP contribution in [0, 0.1) is 11.8 Å². The monoisotopic (exact) mass is 522 g/mol. The van der Waals surface area contributed by atoms with Crippen molar-refractivity contribution in [2.45, 2.75) is 37.8 Å². The largest absolute Gasteiger partial charge is 0.365 e. The second-order valence-corrected chi connectivity index (χ2v) is 8.48. The molecule has 0 saturated carbocycles. The third kappa shape index (κ3) is 3.91. The topological polar surface area (TPSA) is 85.6 Å². The van der Waals surface area contributed by atoms with Crippen molar-refractivity contribution >= 4 is 45.7 Å². The highest BCUT2D eigenvalue weighted by Crippen LogP contribution is 2.29. The van der Waals surface area contributed by atoms with Crippen molar-refractivity contribution < 1.29 is 14.3 Å². The van der Waals surface area contributed by atoms with E-state index in [0.29, 0.717) is 29.6 Å². The molecule has 1 atom stereocenters. The molecule has 2 aliphatic heterocycles. The number of aryl methyl sites for hydroxylation is 1. The van der Waals surface area contributed by atoms with Gasteiger partial charge in [-0.05, 0) is 44.5 Å². The lowest BCUT2D eigenvalue weighted by Crippen LogP contribution is -2.42. The number of nitrogens with zero attached hydrogens (tertiary/aromatic N) is 3. The summed E-state index contributed by atoms with van der Waals surface area (Å²) in [6.07, 6.45) is 2.75. The molecule has 158 valence electrons. The number of nitrogens with one attached hydrogen (secondary N) is 1. The van der Waals surface area contributed by atoms with Gasteiger partial charge in [-0.15, -0.1) is 0 Å². The molecule has 4 rings (SSSR count). The number of carbonyl (C=O) groups excluding carboxylic acids is 2. The second-order valence-electron chi connectivity index (χ2n) is 7.51. The van der Waals surface area contributed by atoms with E-state index in [9.17, 15) is 14.4 Å². The molecular weight excluding hydrogens is 499 g/mol. The van der Waals surface area contributed by atoms with Gasteiger partial charge in [0.15, 0.2) is 0 Å². The predicted octanol–water partition coefficient (Wildman–Crippen LogP) is 1.50. The van der Waals surface area contributed by atoms with E-state index in [2.05, 4.69) is 17.2 Å². The number of aromatic nitrogens is 2. The van der Waals surface area contributed by atoms with Crippen molar-refractivity contribution in [3.8, 4) is 11.8 Å². The molecule has 0 bridgehead atoms. The van der Waals surface area contributed by atoms with Crippen LogP contribution >= 0.6 is 22.9 Å². The molecule has 30 heavy (non-hydrogen) atoms. The van der Waals surface area contributed by atoms with Gasteiger partial charge >= 0.3 is 5.69 Å². The Morgan fingerprint density at radius 1 is 1.20 bits per heavy atom. The number of hydrogen-bond acceptors (Lipinski definition) is 5. The van der Waals surface area contributed by atoms with Gasteiger partial charge in [0.1, 0.15) is 12.6 Å². The van der Waals surface area contributed by atoms with E-state index >= 15 is 0 Å². The number of halogens is 1. The molecule has 0 aliphatic carbocycles. The maximum Gasteiger partial charge on any atom is 0.329 e. The minimum atomic E-state index is -0.692. The number of rotatable bonds is 3. The minimum Gasteiger partial charge on any atom is -0.365 e. The molecule has 2 aliphatic rings. The smallest absolute Gasteiger partial charge is 0.329 e. The van der Waals surface area contributed by atoms with Crippen LogP contribution in [0.4, 0.5) is 0 Å². The Morgan fingerprint density at radius 2 is 1.97 bits per heavy atom. The molecule has 1 aromatic heterocycles. The SMILES string of the molecule is Cn1c(=O)n(C2CCC(=O)N(I)C2=O)c2cccc(C#CCOC3CCNCC3)c21. The van der Waals surface area contributed by atoms with Crippen LogP contribution in [0.25, 0.3) is 11.0 Å². The summed E-state index contributed by atoms with van der Waals surface area (Å²) in [6, 6.07) is 4.81. The van der Waals surface area contributed by atoms with E-state index in [-0.39, 0.29) is 30.0 Å². The lowest BCUT2D eigenvalue weighted by atomic mass is 10.1. The lowest BCUT2D eigenvalue weighted by Gasteiger charge is -2.26. The number of fused-ring (bicyclic) bond motifs is 1. The molecule has 2 fully saturated rings. The van der Waals surface area contributed by atoms with Crippen molar-refractivity contribution in [1.82, 2.24) is 17.6 Å². The molecule has 0 spiro atoms. The zero-order chi connectivity index (χ0) is 21.3. The Bertz CT molecular complexity index is 1100. The molecule has 2 amide bonds. The summed E-state index contributed by atoms with van der Waals surface area (Å²) in [5.41, 5.74) is 1.75. The Kier molecular flexibility index (Phi) is 6.26. The van der Waals surface area contributed by atoms with E-state index in [1.165, 1.54) is 9.13 Å². The van der Waals surface area contributed by atoms with Crippen LogP contribution in [0.15, 0.2) is 23.0 Å². The summed E-state index contributed by atoms with van der Waals surface area (Å²) < 4.78 is 9.93. The van der Waals surface area contributed by atoms with Crippen LogP contribution in [0.3, 0.4) is 0 Å². The Labute approximate surface area is 188 Å². The first-order valence-electron chi connectivity index (χ1n) is 10.0. The number of ether oxygens (including phenoxy) is 1. The van der Waals surface area contributed by atoms with E-state index in [1.807, 2.05) is 18.2 Å². The van der Waals surface area contributed by atoms with Gasteiger partial charge in [-0.25, -0.2) is 7.91 Å². The molecule has 1 N–H and O–H groups in total. The second kappa shape index (κ2) is 8.91. The lowest BCUT2D eigenvalue weighted by molar-refractivity contribution is -0.142. The number of benzene rings is 1. The summed E-state index contributed by atoms with van der Waals surface area (Å²) in [4.78, 5) is 37.5.